The minimum Gasteiger partial charge on any atom is -0.485 e. The summed E-state index contributed by atoms with van der Waals surface area (Å²) in [5, 5.41) is -0.198. The standard InChI is InChI=1S/C20H18O4S/c21-17-10-11-20(23)25-19(17)12-14-6-8-16(9-7-14)24-13-18(22)15-4-2-1-3-5-15/h1-9,19H,10-13H2. The summed E-state index contributed by atoms with van der Waals surface area (Å²) in [7, 11) is 0. The number of ketones is 2. The van der Waals surface area contributed by atoms with Crippen molar-refractivity contribution in [1.82, 2.24) is 0 Å². The maximum absolute atomic E-state index is 12.0. The van der Waals surface area contributed by atoms with Crippen LogP contribution in [0.1, 0.15) is 28.8 Å². The van der Waals surface area contributed by atoms with Crippen molar-refractivity contribution >= 4 is 28.4 Å². The third kappa shape index (κ3) is 4.79. The number of hydrogen-bond donors (Lipinski definition) is 0. The third-order valence-electron chi connectivity index (χ3n) is 4.02. The highest BCUT2D eigenvalue weighted by molar-refractivity contribution is 8.14. The Morgan fingerprint density at radius 3 is 2.44 bits per heavy atom. The van der Waals surface area contributed by atoms with Crippen molar-refractivity contribution in [3.8, 4) is 5.75 Å². The highest BCUT2D eigenvalue weighted by Gasteiger charge is 2.27. The number of Topliss-reactive ketones (excluding diaryl/α,β-unsaturated/α-hetero) is 2. The quantitative estimate of drug-likeness (QED) is 0.743. The van der Waals surface area contributed by atoms with E-state index >= 15 is 0 Å². The molecule has 0 aromatic heterocycles. The number of rotatable bonds is 6. The van der Waals surface area contributed by atoms with Crippen LogP contribution in [0.5, 0.6) is 5.75 Å². The van der Waals surface area contributed by atoms with Crippen LogP contribution in [0.2, 0.25) is 0 Å². The smallest absolute Gasteiger partial charge is 0.200 e. The molecule has 25 heavy (non-hydrogen) atoms. The topological polar surface area (TPSA) is 60.4 Å². The minimum absolute atomic E-state index is 0.0190. The van der Waals surface area contributed by atoms with Gasteiger partial charge in [-0.05, 0) is 24.1 Å². The molecule has 1 aliphatic rings. The van der Waals surface area contributed by atoms with Crippen LogP contribution in [-0.4, -0.2) is 28.5 Å². The number of hydrogen-bond acceptors (Lipinski definition) is 5. The molecule has 0 amide bonds. The van der Waals surface area contributed by atoms with Crippen LogP contribution in [0.15, 0.2) is 54.6 Å². The summed E-state index contributed by atoms with van der Waals surface area (Å²) >= 11 is 1.14. The van der Waals surface area contributed by atoms with E-state index < -0.39 is 0 Å². The van der Waals surface area contributed by atoms with Gasteiger partial charge in [-0.1, -0.05) is 54.2 Å². The Hall–Kier alpha value is -2.40. The van der Waals surface area contributed by atoms with E-state index in [4.69, 9.17) is 4.74 Å². The SMILES string of the molecule is O=C1CCC(=O)C(Cc2ccc(OCC(=O)c3ccccc3)cc2)S1. The largest absolute Gasteiger partial charge is 0.485 e. The summed E-state index contributed by atoms with van der Waals surface area (Å²) in [5.74, 6) is 0.664. The maximum Gasteiger partial charge on any atom is 0.200 e. The van der Waals surface area contributed by atoms with Crippen molar-refractivity contribution < 1.29 is 19.1 Å². The van der Waals surface area contributed by atoms with Crippen LogP contribution in [0.3, 0.4) is 0 Å². The Bertz CT molecular complexity index is 768. The van der Waals surface area contributed by atoms with Crippen molar-refractivity contribution in [3.63, 3.8) is 0 Å². The number of benzene rings is 2. The highest BCUT2D eigenvalue weighted by atomic mass is 32.2. The summed E-state index contributed by atoms with van der Waals surface area (Å²) < 4.78 is 5.53. The second-order valence-corrected chi connectivity index (χ2v) is 7.13. The van der Waals surface area contributed by atoms with Crippen LogP contribution in [0.25, 0.3) is 0 Å². The van der Waals surface area contributed by atoms with E-state index in [1.54, 1.807) is 24.3 Å². The summed E-state index contributed by atoms with van der Waals surface area (Å²) in [6.45, 7) is -0.0190. The highest BCUT2D eigenvalue weighted by Crippen LogP contribution is 2.27. The first kappa shape index (κ1) is 17.4. The fourth-order valence-electron chi connectivity index (χ4n) is 2.62. The predicted octanol–water partition coefficient (Wildman–Crippen LogP) is 3.48. The molecule has 2 aromatic rings. The fraction of sp³-hybridized carbons (Fsp3) is 0.250. The van der Waals surface area contributed by atoms with Crippen molar-refractivity contribution in [2.75, 3.05) is 6.61 Å². The van der Waals surface area contributed by atoms with Gasteiger partial charge >= 0.3 is 0 Å². The average molecular weight is 354 g/mol. The van der Waals surface area contributed by atoms with Gasteiger partial charge in [-0.3, -0.25) is 14.4 Å². The fourth-order valence-corrected chi connectivity index (χ4v) is 3.68. The van der Waals surface area contributed by atoms with Gasteiger partial charge < -0.3 is 4.74 Å². The maximum atomic E-state index is 12.0. The van der Waals surface area contributed by atoms with Gasteiger partial charge in [0.05, 0.1) is 5.25 Å². The van der Waals surface area contributed by atoms with Crippen molar-refractivity contribution in [1.29, 1.82) is 0 Å². The molecule has 3 rings (SSSR count). The van der Waals surface area contributed by atoms with Gasteiger partial charge in [-0.2, -0.15) is 0 Å². The number of ether oxygens (including phenoxy) is 1. The van der Waals surface area contributed by atoms with Gasteiger partial charge in [0.1, 0.15) is 11.5 Å². The Kier molecular flexibility index (Phi) is 5.66. The first-order chi connectivity index (χ1) is 12.1. The molecule has 0 aliphatic carbocycles. The van der Waals surface area contributed by atoms with Gasteiger partial charge in [0.25, 0.3) is 0 Å². The molecule has 1 fully saturated rings. The van der Waals surface area contributed by atoms with Crippen LogP contribution in [0.4, 0.5) is 0 Å². The van der Waals surface area contributed by atoms with E-state index in [0.717, 1.165) is 17.3 Å². The molecule has 1 unspecified atom stereocenters. The van der Waals surface area contributed by atoms with Gasteiger partial charge in [-0.25, -0.2) is 0 Å². The molecule has 128 valence electrons. The Balaban J connectivity index is 1.54. The lowest BCUT2D eigenvalue weighted by Crippen LogP contribution is -2.26. The van der Waals surface area contributed by atoms with Crippen molar-refractivity contribution in [3.05, 3.63) is 65.7 Å². The van der Waals surface area contributed by atoms with Crippen molar-refractivity contribution in [2.45, 2.75) is 24.5 Å². The van der Waals surface area contributed by atoms with E-state index in [-0.39, 0.29) is 28.5 Å². The van der Waals surface area contributed by atoms with Crippen molar-refractivity contribution in [2.24, 2.45) is 0 Å². The van der Waals surface area contributed by atoms with Crippen LogP contribution >= 0.6 is 11.8 Å². The molecule has 1 heterocycles. The molecule has 0 saturated carbocycles. The number of carbonyl (C=O) groups is 3. The summed E-state index contributed by atoms with van der Waals surface area (Å²) in [6.07, 6.45) is 1.24. The zero-order valence-electron chi connectivity index (χ0n) is 13.6. The second kappa shape index (κ2) is 8.12. The first-order valence-corrected chi connectivity index (χ1v) is 9.02. The van der Waals surface area contributed by atoms with Gasteiger partial charge in [-0.15, -0.1) is 0 Å². The summed E-state index contributed by atoms with van der Waals surface area (Å²) in [5.41, 5.74) is 1.60. The van der Waals surface area contributed by atoms with E-state index in [9.17, 15) is 14.4 Å². The lowest BCUT2D eigenvalue weighted by molar-refractivity contribution is -0.122. The van der Waals surface area contributed by atoms with E-state index in [2.05, 4.69) is 0 Å². The Morgan fingerprint density at radius 1 is 1.00 bits per heavy atom. The molecule has 4 nitrogen and oxygen atoms in total. The van der Waals surface area contributed by atoms with E-state index in [0.29, 0.717) is 30.6 Å². The second-order valence-electron chi connectivity index (χ2n) is 5.87. The molecule has 0 spiro atoms. The van der Waals surface area contributed by atoms with Gasteiger partial charge in [0.2, 0.25) is 0 Å². The minimum atomic E-state index is -0.285. The van der Waals surface area contributed by atoms with E-state index in [1.165, 1.54) is 0 Å². The average Bonchev–Trinajstić information content (AvgIpc) is 2.64. The Morgan fingerprint density at radius 2 is 1.72 bits per heavy atom. The van der Waals surface area contributed by atoms with Gasteiger partial charge in [0.15, 0.2) is 17.5 Å². The Labute approximate surface area is 150 Å². The molecule has 5 heteroatoms. The molecular weight excluding hydrogens is 336 g/mol. The predicted molar refractivity (Wildman–Crippen MR) is 97.0 cm³/mol. The number of thioether (sulfide) groups is 1. The van der Waals surface area contributed by atoms with Crippen LogP contribution in [-0.2, 0) is 16.0 Å². The molecule has 1 aliphatic heterocycles. The molecule has 0 bridgehead atoms. The van der Waals surface area contributed by atoms with Crippen LogP contribution in [0, 0.1) is 0 Å². The molecule has 1 saturated heterocycles. The molecule has 0 N–H and O–H groups in total. The summed E-state index contributed by atoms with van der Waals surface area (Å²) in [6, 6.07) is 16.3. The number of carbonyl (C=O) groups excluding carboxylic acids is 3. The lowest BCUT2D eigenvalue weighted by atomic mass is 10.0. The monoisotopic (exact) mass is 354 g/mol. The van der Waals surface area contributed by atoms with Crippen LogP contribution < -0.4 is 4.74 Å². The zero-order valence-corrected chi connectivity index (χ0v) is 14.5. The molecule has 1 atom stereocenters. The first-order valence-electron chi connectivity index (χ1n) is 8.14. The molecule has 2 aromatic carbocycles. The third-order valence-corrected chi connectivity index (χ3v) is 5.20. The normalized spacial score (nSPS) is 17.4. The van der Waals surface area contributed by atoms with Gasteiger partial charge in [0, 0.05) is 18.4 Å². The molecule has 0 radical (unpaired) electrons. The summed E-state index contributed by atoms with van der Waals surface area (Å²) in [4.78, 5) is 35.4. The molecular formula is C20H18O4S. The zero-order chi connectivity index (χ0) is 17.6. The lowest BCUT2D eigenvalue weighted by Gasteiger charge is -2.19. The van der Waals surface area contributed by atoms with E-state index in [1.807, 2.05) is 30.3 Å².